The van der Waals surface area contributed by atoms with Crippen LogP contribution < -0.4 is 20.1 Å². The molecule has 0 amide bonds. The highest BCUT2D eigenvalue weighted by atomic mass is 19.4. The van der Waals surface area contributed by atoms with Crippen molar-refractivity contribution in [2.75, 3.05) is 4.90 Å². The summed E-state index contributed by atoms with van der Waals surface area (Å²) in [5.74, 6) is -2.09. The number of rotatable bonds is 5. The lowest BCUT2D eigenvalue weighted by Gasteiger charge is -2.25. The molecule has 3 aliphatic rings. The number of benzene rings is 1. The standard InChI is InChI=1S/C25H21F5N4O3/c26-17-6-13(7-18(27)23(17)37-16-4-5-31-20(9-16)25(28,29)30)12-36-21-10-22-33(24(35)32-21)11-15-8-14-2-1-3-19(14)34(15)22/h4-7,9-10,14-15,19H,1-3,8,11-12H2. The minimum absolute atomic E-state index is 0.0518. The number of halogens is 5. The quantitative estimate of drug-likeness (QED) is 0.438. The Morgan fingerprint density at radius 3 is 2.62 bits per heavy atom. The zero-order valence-corrected chi connectivity index (χ0v) is 19.3. The van der Waals surface area contributed by atoms with Crippen LogP contribution in [0, 0.1) is 17.6 Å². The number of ether oxygens (including phenoxy) is 2. The zero-order valence-electron chi connectivity index (χ0n) is 19.3. The van der Waals surface area contributed by atoms with Gasteiger partial charge < -0.3 is 14.4 Å². The van der Waals surface area contributed by atoms with Crippen molar-refractivity contribution < 1.29 is 31.4 Å². The fourth-order valence-electron chi connectivity index (χ4n) is 5.75. The van der Waals surface area contributed by atoms with E-state index < -0.39 is 40.7 Å². The molecule has 0 N–H and O–H groups in total. The topological polar surface area (TPSA) is 69.5 Å². The van der Waals surface area contributed by atoms with E-state index in [2.05, 4.69) is 14.9 Å². The van der Waals surface area contributed by atoms with Crippen LogP contribution in [-0.2, 0) is 19.3 Å². The second kappa shape index (κ2) is 8.70. The van der Waals surface area contributed by atoms with Gasteiger partial charge in [-0.15, -0.1) is 0 Å². The van der Waals surface area contributed by atoms with Crippen LogP contribution in [-0.4, -0.2) is 26.6 Å². The van der Waals surface area contributed by atoms with Crippen LogP contribution in [0.15, 0.2) is 41.3 Å². The highest BCUT2D eigenvalue weighted by Crippen LogP contribution is 2.46. The number of fused-ring (bicyclic) bond motifs is 5. The van der Waals surface area contributed by atoms with Crippen LogP contribution >= 0.6 is 0 Å². The number of hydrogen-bond acceptors (Lipinski definition) is 6. The van der Waals surface area contributed by atoms with Gasteiger partial charge in [-0.25, -0.2) is 13.6 Å². The summed E-state index contributed by atoms with van der Waals surface area (Å²) >= 11 is 0. The Balaban J connectivity index is 1.19. The van der Waals surface area contributed by atoms with Crippen molar-refractivity contribution in [3.05, 3.63) is 69.9 Å². The fraction of sp³-hybridized carbons (Fsp3) is 0.400. The maximum absolute atomic E-state index is 14.6. The molecular formula is C25H21F5N4O3. The number of aromatic nitrogens is 3. The number of anilines is 1. The summed E-state index contributed by atoms with van der Waals surface area (Å²) in [5, 5.41) is 0. The molecule has 0 bridgehead atoms. The molecule has 3 unspecified atom stereocenters. The maximum Gasteiger partial charge on any atom is 0.433 e. The number of hydrogen-bond donors (Lipinski definition) is 0. The van der Waals surface area contributed by atoms with Gasteiger partial charge in [0.05, 0.1) is 0 Å². The number of nitrogens with zero attached hydrogens (tertiary/aromatic N) is 4. The minimum atomic E-state index is -4.74. The van der Waals surface area contributed by atoms with E-state index in [4.69, 9.17) is 9.47 Å². The van der Waals surface area contributed by atoms with Gasteiger partial charge in [0.25, 0.3) is 0 Å². The summed E-state index contributed by atoms with van der Waals surface area (Å²) in [6, 6.07) is 5.86. The van der Waals surface area contributed by atoms with Crippen molar-refractivity contribution in [3.8, 4) is 17.4 Å². The second-order valence-corrected chi connectivity index (χ2v) is 9.55. The molecule has 1 aliphatic carbocycles. The Kier molecular flexibility index (Phi) is 5.57. The Morgan fingerprint density at radius 1 is 1.08 bits per heavy atom. The zero-order chi connectivity index (χ0) is 25.9. The van der Waals surface area contributed by atoms with E-state index in [1.54, 1.807) is 10.6 Å². The summed E-state index contributed by atoms with van der Waals surface area (Å²) < 4.78 is 80.1. The van der Waals surface area contributed by atoms with Crippen molar-refractivity contribution in [1.29, 1.82) is 0 Å². The molecular weight excluding hydrogens is 499 g/mol. The molecule has 6 rings (SSSR count). The van der Waals surface area contributed by atoms with Crippen molar-refractivity contribution in [2.45, 2.75) is 57.1 Å². The van der Waals surface area contributed by atoms with E-state index in [-0.39, 0.29) is 24.1 Å². The van der Waals surface area contributed by atoms with Gasteiger partial charge in [-0.1, -0.05) is 6.42 Å². The van der Waals surface area contributed by atoms with Gasteiger partial charge in [0, 0.05) is 37.0 Å². The molecule has 194 valence electrons. The van der Waals surface area contributed by atoms with Gasteiger partial charge in [-0.2, -0.15) is 18.2 Å². The molecule has 2 fully saturated rings. The van der Waals surface area contributed by atoms with Crippen molar-refractivity contribution >= 4 is 5.82 Å². The van der Waals surface area contributed by atoms with Gasteiger partial charge >= 0.3 is 11.9 Å². The number of alkyl halides is 3. The third-order valence-corrected chi connectivity index (χ3v) is 7.25. The first kappa shape index (κ1) is 23.7. The lowest BCUT2D eigenvalue weighted by Crippen LogP contribution is -2.33. The van der Waals surface area contributed by atoms with E-state index in [1.165, 1.54) is 12.8 Å². The molecule has 0 spiro atoms. The molecule has 0 radical (unpaired) electrons. The van der Waals surface area contributed by atoms with Crippen LogP contribution in [0.2, 0.25) is 0 Å². The van der Waals surface area contributed by atoms with Crippen LogP contribution in [0.4, 0.5) is 27.8 Å². The molecule has 1 aromatic carbocycles. The molecule has 2 aliphatic heterocycles. The SMILES string of the molecule is O=c1nc(OCc2cc(F)c(Oc3ccnc(C(F)(F)F)c3)c(F)c2)cc2n1CC1CC3CCCC3N21. The Morgan fingerprint density at radius 2 is 1.86 bits per heavy atom. The molecule has 1 saturated heterocycles. The summed E-state index contributed by atoms with van der Waals surface area (Å²) in [4.78, 5) is 22.1. The van der Waals surface area contributed by atoms with Gasteiger partial charge in [0.1, 0.15) is 23.9 Å². The van der Waals surface area contributed by atoms with Gasteiger partial charge in [0.15, 0.2) is 17.4 Å². The highest BCUT2D eigenvalue weighted by molar-refractivity contribution is 5.50. The van der Waals surface area contributed by atoms with Crippen LogP contribution in [0.25, 0.3) is 0 Å². The van der Waals surface area contributed by atoms with Gasteiger partial charge in [-0.3, -0.25) is 9.55 Å². The fourth-order valence-corrected chi connectivity index (χ4v) is 5.75. The van der Waals surface area contributed by atoms with Crippen molar-refractivity contribution in [3.63, 3.8) is 0 Å². The lowest BCUT2D eigenvalue weighted by molar-refractivity contribution is -0.141. The molecule has 7 nitrogen and oxygen atoms in total. The molecule has 3 aromatic rings. The predicted octanol–water partition coefficient (Wildman–Crippen LogP) is 5.07. The number of pyridine rings is 1. The summed E-state index contributed by atoms with van der Waals surface area (Å²) in [6.45, 7) is 0.307. The Labute approximate surface area is 207 Å². The van der Waals surface area contributed by atoms with Crippen molar-refractivity contribution in [2.24, 2.45) is 5.92 Å². The molecule has 12 heteroatoms. The third-order valence-electron chi connectivity index (χ3n) is 7.25. The summed E-state index contributed by atoms with van der Waals surface area (Å²) in [5.41, 5.74) is -1.60. The van der Waals surface area contributed by atoms with Gasteiger partial charge in [0.2, 0.25) is 5.88 Å². The largest absolute Gasteiger partial charge is 0.473 e. The van der Waals surface area contributed by atoms with Gasteiger partial charge in [-0.05, 0) is 48.9 Å². The van der Waals surface area contributed by atoms with Crippen LogP contribution in [0.5, 0.6) is 17.4 Å². The Hall–Kier alpha value is -3.70. The van der Waals surface area contributed by atoms with E-state index in [1.807, 2.05) is 0 Å². The molecule has 1 saturated carbocycles. The summed E-state index contributed by atoms with van der Waals surface area (Å²) in [6.07, 6.45) is 0.583. The predicted molar refractivity (Wildman–Crippen MR) is 121 cm³/mol. The Bertz CT molecular complexity index is 1400. The third kappa shape index (κ3) is 4.27. The first-order chi connectivity index (χ1) is 17.7. The minimum Gasteiger partial charge on any atom is -0.473 e. The molecule has 2 aromatic heterocycles. The van der Waals surface area contributed by atoms with E-state index in [0.717, 1.165) is 43.1 Å². The monoisotopic (exact) mass is 520 g/mol. The first-order valence-electron chi connectivity index (χ1n) is 11.9. The highest BCUT2D eigenvalue weighted by Gasteiger charge is 2.48. The van der Waals surface area contributed by atoms with Crippen molar-refractivity contribution in [1.82, 2.24) is 14.5 Å². The van der Waals surface area contributed by atoms with E-state index in [0.29, 0.717) is 24.6 Å². The second-order valence-electron chi connectivity index (χ2n) is 9.55. The maximum atomic E-state index is 14.6. The molecule has 3 atom stereocenters. The first-order valence-corrected chi connectivity index (χ1v) is 11.9. The lowest BCUT2D eigenvalue weighted by atomic mass is 10.0. The van der Waals surface area contributed by atoms with Crippen LogP contribution in [0.1, 0.15) is 36.9 Å². The average molecular weight is 520 g/mol. The summed E-state index contributed by atoms with van der Waals surface area (Å²) in [7, 11) is 0. The smallest absolute Gasteiger partial charge is 0.433 e. The molecule has 37 heavy (non-hydrogen) atoms. The normalized spacial score (nSPS) is 22.1. The van der Waals surface area contributed by atoms with E-state index >= 15 is 0 Å². The van der Waals surface area contributed by atoms with E-state index in [9.17, 15) is 26.7 Å². The average Bonchev–Trinajstić information content (AvgIpc) is 3.51. The van der Waals surface area contributed by atoms with Crippen LogP contribution in [0.3, 0.4) is 0 Å². The molecule has 4 heterocycles.